The maximum absolute atomic E-state index is 14.0. The number of hydrogen-bond donors (Lipinski definition) is 1. The van der Waals surface area contributed by atoms with Crippen LogP contribution in [0.1, 0.15) is 167 Å². The minimum atomic E-state index is -0.345. The summed E-state index contributed by atoms with van der Waals surface area (Å²) in [5.74, 6) is 0.656. The van der Waals surface area contributed by atoms with Gasteiger partial charge in [-0.05, 0) is 113 Å². The fraction of sp³-hybridized carbons (Fsp3) is 0.683. The van der Waals surface area contributed by atoms with Crippen LogP contribution < -0.4 is 4.74 Å². The molecule has 3 heteroatoms. The highest BCUT2D eigenvalue weighted by atomic mass is 16.5. The summed E-state index contributed by atoms with van der Waals surface area (Å²) in [6.45, 7) is 27.2. The van der Waals surface area contributed by atoms with E-state index in [4.69, 9.17) is 4.74 Å². The first-order valence-corrected chi connectivity index (χ1v) is 17.5. The summed E-state index contributed by atoms with van der Waals surface area (Å²) >= 11 is 0. The second-order valence-electron chi connectivity index (χ2n) is 16.8. The Morgan fingerprint density at radius 3 is 1.39 bits per heavy atom. The lowest BCUT2D eigenvalue weighted by Gasteiger charge is -2.28. The number of aromatic hydroxyl groups is 1. The van der Waals surface area contributed by atoms with E-state index in [0.29, 0.717) is 29.9 Å². The second kappa shape index (κ2) is 15.8. The van der Waals surface area contributed by atoms with E-state index in [1.807, 2.05) is 18.2 Å². The van der Waals surface area contributed by atoms with Gasteiger partial charge in [0.25, 0.3) is 0 Å². The lowest BCUT2D eigenvalue weighted by Crippen LogP contribution is -2.20. The summed E-state index contributed by atoms with van der Waals surface area (Å²) in [5, 5.41) is 11.5. The van der Waals surface area contributed by atoms with Crippen LogP contribution in [0.5, 0.6) is 11.5 Å². The van der Waals surface area contributed by atoms with E-state index >= 15 is 0 Å². The van der Waals surface area contributed by atoms with Gasteiger partial charge in [-0.3, -0.25) is 0 Å². The molecule has 2 aromatic carbocycles. The molecule has 248 valence electrons. The van der Waals surface area contributed by atoms with E-state index < -0.39 is 0 Å². The van der Waals surface area contributed by atoms with E-state index in [0.717, 1.165) is 68.1 Å². The molecule has 0 saturated heterocycles. The van der Waals surface area contributed by atoms with Gasteiger partial charge in [0, 0.05) is 0 Å². The summed E-state index contributed by atoms with van der Waals surface area (Å²) < 4.78 is 6.27. The van der Waals surface area contributed by atoms with E-state index in [-0.39, 0.29) is 27.6 Å². The number of rotatable bonds is 18. The Balaban J connectivity index is 2.57. The summed E-state index contributed by atoms with van der Waals surface area (Å²) in [6, 6.07) is 10.2. The van der Waals surface area contributed by atoms with Crippen molar-refractivity contribution in [3.63, 3.8) is 0 Å². The molecule has 0 aliphatic heterocycles. The van der Waals surface area contributed by atoms with Crippen LogP contribution >= 0.6 is 0 Å². The molecule has 0 spiro atoms. The number of esters is 1. The molecule has 0 bridgehead atoms. The van der Waals surface area contributed by atoms with Crippen LogP contribution in [0.25, 0.3) is 0 Å². The first kappa shape index (κ1) is 37.9. The van der Waals surface area contributed by atoms with Gasteiger partial charge in [0.2, 0.25) is 0 Å². The fourth-order valence-electron chi connectivity index (χ4n) is 7.45. The highest BCUT2D eigenvalue weighted by Crippen LogP contribution is 2.39. The molecular formula is C41H66O3. The quantitative estimate of drug-likeness (QED) is 0.136. The van der Waals surface area contributed by atoms with Gasteiger partial charge in [0.1, 0.15) is 11.5 Å². The van der Waals surface area contributed by atoms with E-state index in [9.17, 15) is 9.90 Å². The maximum Gasteiger partial charge on any atom is 0.343 e. The molecule has 0 aliphatic carbocycles. The molecule has 2 aromatic rings. The number of benzene rings is 2. The van der Waals surface area contributed by atoms with Crippen LogP contribution in [0.15, 0.2) is 30.3 Å². The first-order valence-electron chi connectivity index (χ1n) is 17.5. The topological polar surface area (TPSA) is 46.5 Å². The fourth-order valence-corrected chi connectivity index (χ4v) is 7.45. The van der Waals surface area contributed by atoms with Gasteiger partial charge < -0.3 is 9.84 Å². The van der Waals surface area contributed by atoms with Crippen molar-refractivity contribution in [3.8, 4) is 11.5 Å². The minimum Gasteiger partial charge on any atom is -0.507 e. The van der Waals surface area contributed by atoms with Crippen LogP contribution in [0.2, 0.25) is 0 Å². The molecule has 0 aromatic heterocycles. The smallest absolute Gasteiger partial charge is 0.343 e. The predicted octanol–water partition coefficient (Wildman–Crippen LogP) is 12.1. The third-order valence-corrected chi connectivity index (χ3v) is 9.23. The monoisotopic (exact) mass is 607 g/mol. The maximum atomic E-state index is 14.0. The number of phenols is 1. The number of hydrogen-bond acceptors (Lipinski definition) is 3. The lowest BCUT2D eigenvalue weighted by molar-refractivity contribution is 0.0731. The molecule has 0 aliphatic rings. The highest BCUT2D eigenvalue weighted by Gasteiger charge is 2.27. The molecule has 0 amide bonds. The summed E-state index contributed by atoms with van der Waals surface area (Å²) in [4.78, 5) is 14.0. The summed E-state index contributed by atoms with van der Waals surface area (Å²) in [6.07, 6.45) is 12.1. The van der Waals surface area contributed by atoms with Crippen LogP contribution in [-0.4, -0.2) is 11.1 Å². The molecule has 1 N–H and O–H groups in total. The highest BCUT2D eigenvalue weighted by molar-refractivity contribution is 5.92. The molecule has 0 fully saturated rings. The Bertz CT molecular complexity index is 1170. The van der Waals surface area contributed by atoms with Gasteiger partial charge >= 0.3 is 5.97 Å². The molecular weight excluding hydrogens is 540 g/mol. The summed E-state index contributed by atoms with van der Waals surface area (Å²) in [7, 11) is 0. The molecule has 0 unspecified atom stereocenters. The van der Waals surface area contributed by atoms with Gasteiger partial charge in [-0.2, -0.15) is 0 Å². The van der Waals surface area contributed by atoms with Crippen molar-refractivity contribution in [2.24, 2.45) is 21.7 Å². The normalized spacial score (nSPS) is 12.9. The van der Waals surface area contributed by atoms with Gasteiger partial charge in [-0.1, -0.05) is 121 Å². The SMILES string of the molecule is CCCC(C)(C)Cc1ccc(OC(=O)c2cc(CC(C)(C)CCC)c(O)c(CC(C)(C)CCC)c2)c(CC(C)(C)CCC)c1. The van der Waals surface area contributed by atoms with Crippen LogP contribution in [0.3, 0.4) is 0 Å². The Labute approximate surface area is 271 Å². The minimum absolute atomic E-state index is 0.0182. The molecule has 0 radical (unpaired) electrons. The van der Waals surface area contributed by atoms with Gasteiger partial charge in [-0.25, -0.2) is 4.79 Å². The van der Waals surface area contributed by atoms with Crippen molar-refractivity contribution in [2.45, 2.75) is 160 Å². The molecule has 3 nitrogen and oxygen atoms in total. The third kappa shape index (κ3) is 11.9. The number of phenolic OH excluding ortho intramolecular Hbond substituents is 1. The molecule has 0 saturated carbocycles. The zero-order valence-corrected chi connectivity index (χ0v) is 30.6. The van der Waals surface area contributed by atoms with E-state index in [2.05, 4.69) is 95.2 Å². The first-order chi connectivity index (χ1) is 20.4. The zero-order chi connectivity index (χ0) is 33.3. The van der Waals surface area contributed by atoms with Crippen molar-refractivity contribution in [2.75, 3.05) is 0 Å². The van der Waals surface area contributed by atoms with Crippen molar-refractivity contribution in [1.29, 1.82) is 0 Å². The van der Waals surface area contributed by atoms with Crippen LogP contribution in [0.4, 0.5) is 0 Å². The number of carbonyl (C=O) groups excluding carboxylic acids is 1. The standard InChI is InChI=1S/C41H66O3/c1-13-19-38(5,6)26-30-17-18-35(32(23-30)27-39(7,8)20-14-2)44-37(43)31-24-33(28-40(9,10)21-15-3)36(42)34(25-31)29-41(11,12)22-16-4/h17-18,23-25,42H,13-16,19-22,26-29H2,1-12H3. The average molecular weight is 607 g/mol. The van der Waals surface area contributed by atoms with Crippen molar-refractivity contribution in [1.82, 2.24) is 0 Å². The van der Waals surface area contributed by atoms with Crippen molar-refractivity contribution >= 4 is 5.97 Å². The van der Waals surface area contributed by atoms with Crippen LogP contribution in [-0.2, 0) is 25.7 Å². The van der Waals surface area contributed by atoms with Gasteiger partial charge in [0.05, 0.1) is 5.56 Å². The Morgan fingerprint density at radius 2 is 0.977 bits per heavy atom. The zero-order valence-electron chi connectivity index (χ0n) is 30.6. The largest absolute Gasteiger partial charge is 0.507 e. The Morgan fingerprint density at radius 1 is 0.591 bits per heavy atom. The molecule has 0 atom stereocenters. The van der Waals surface area contributed by atoms with Gasteiger partial charge in [-0.15, -0.1) is 0 Å². The summed E-state index contributed by atoms with van der Waals surface area (Å²) in [5.41, 5.74) is 4.98. The van der Waals surface area contributed by atoms with Crippen molar-refractivity contribution < 1.29 is 14.6 Å². The lowest BCUT2D eigenvalue weighted by atomic mass is 9.78. The van der Waals surface area contributed by atoms with E-state index in [1.165, 1.54) is 18.4 Å². The van der Waals surface area contributed by atoms with Crippen LogP contribution in [0, 0.1) is 21.7 Å². The number of carbonyl (C=O) groups is 1. The third-order valence-electron chi connectivity index (χ3n) is 9.23. The molecule has 2 rings (SSSR count). The van der Waals surface area contributed by atoms with Gasteiger partial charge in [0.15, 0.2) is 0 Å². The van der Waals surface area contributed by atoms with E-state index in [1.54, 1.807) is 0 Å². The Kier molecular flexibility index (Phi) is 13.6. The average Bonchev–Trinajstić information content (AvgIpc) is 2.86. The Hall–Kier alpha value is -2.29. The number of ether oxygens (including phenoxy) is 1. The molecule has 0 heterocycles. The predicted molar refractivity (Wildman–Crippen MR) is 189 cm³/mol. The second-order valence-corrected chi connectivity index (χ2v) is 16.8. The molecule has 44 heavy (non-hydrogen) atoms. The van der Waals surface area contributed by atoms with Crippen molar-refractivity contribution in [3.05, 3.63) is 58.1 Å².